The van der Waals surface area contributed by atoms with E-state index in [1.54, 1.807) is 59.9 Å². The number of hydrogen-bond acceptors (Lipinski definition) is 5. The molecule has 0 saturated carbocycles. The Morgan fingerprint density at radius 1 is 0.763 bits per heavy atom. The largest absolute Gasteiger partial charge is 0.481 e. The number of pyridine rings is 2. The molecule has 0 aliphatic heterocycles. The summed E-state index contributed by atoms with van der Waals surface area (Å²) in [7, 11) is 0. The van der Waals surface area contributed by atoms with Crippen LogP contribution < -0.4 is 5.32 Å². The summed E-state index contributed by atoms with van der Waals surface area (Å²) < 4.78 is 0. The zero-order chi connectivity index (χ0) is 26.7. The first kappa shape index (κ1) is 26.2. The third-order valence-electron chi connectivity index (χ3n) is 6.08. The zero-order valence-corrected chi connectivity index (χ0v) is 20.8. The quantitative estimate of drug-likeness (QED) is 0.314. The van der Waals surface area contributed by atoms with Gasteiger partial charge in [-0.1, -0.05) is 42.5 Å². The summed E-state index contributed by atoms with van der Waals surface area (Å²) in [4.78, 5) is 48.1. The average Bonchev–Trinajstić information content (AvgIpc) is 2.96. The van der Waals surface area contributed by atoms with Crippen molar-refractivity contribution < 1.29 is 19.5 Å². The van der Waals surface area contributed by atoms with E-state index < -0.39 is 5.97 Å². The Morgan fingerprint density at radius 3 is 2.11 bits per heavy atom. The van der Waals surface area contributed by atoms with Gasteiger partial charge in [0.05, 0.1) is 18.7 Å². The van der Waals surface area contributed by atoms with Crippen molar-refractivity contribution in [3.8, 4) is 11.1 Å². The summed E-state index contributed by atoms with van der Waals surface area (Å²) in [5, 5.41) is 12.2. The molecule has 2 heterocycles. The lowest BCUT2D eigenvalue weighted by molar-refractivity contribution is -0.137. The summed E-state index contributed by atoms with van der Waals surface area (Å²) in [6, 6.07) is 23.4. The maximum absolute atomic E-state index is 13.8. The molecule has 0 aliphatic rings. The van der Waals surface area contributed by atoms with Gasteiger partial charge >= 0.3 is 5.97 Å². The van der Waals surface area contributed by atoms with Crippen LogP contribution in [-0.2, 0) is 17.8 Å². The molecule has 8 heteroatoms. The molecule has 0 unspecified atom stereocenters. The highest BCUT2D eigenvalue weighted by Crippen LogP contribution is 2.28. The molecule has 2 aromatic heterocycles. The van der Waals surface area contributed by atoms with E-state index in [-0.39, 0.29) is 31.3 Å². The van der Waals surface area contributed by atoms with Crippen LogP contribution in [0, 0.1) is 0 Å². The number of aliphatic carboxylic acids is 1. The predicted molar refractivity (Wildman–Crippen MR) is 143 cm³/mol. The summed E-state index contributed by atoms with van der Waals surface area (Å²) in [5.74, 6) is -1.55. The van der Waals surface area contributed by atoms with Gasteiger partial charge in [-0.3, -0.25) is 24.4 Å². The fraction of sp³-hybridized carbons (Fsp3) is 0.167. The number of amides is 2. The Balaban J connectivity index is 1.61. The van der Waals surface area contributed by atoms with E-state index >= 15 is 0 Å². The number of hydrogen-bond donors (Lipinski definition) is 2. The topological polar surface area (TPSA) is 112 Å². The molecule has 0 radical (unpaired) electrons. The van der Waals surface area contributed by atoms with Gasteiger partial charge in [0.15, 0.2) is 0 Å². The summed E-state index contributed by atoms with van der Waals surface area (Å²) >= 11 is 0. The van der Waals surface area contributed by atoms with E-state index in [1.165, 1.54) is 0 Å². The number of nitrogens with zero attached hydrogens (tertiary/aromatic N) is 3. The lowest BCUT2D eigenvalue weighted by atomic mass is 9.94. The highest BCUT2D eigenvalue weighted by molar-refractivity contribution is 6.06. The van der Waals surface area contributed by atoms with Crippen molar-refractivity contribution in [3.63, 3.8) is 0 Å². The van der Waals surface area contributed by atoms with Crippen molar-refractivity contribution in [3.05, 3.63) is 120 Å². The minimum absolute atomic E-state index is 0.0692. The Kier molecular flexibility index (Phi) is 8.91. The van der Waals surface area contributed by atoms with Gasteiger partial charge in [-0.15, -0.1) is 0 Å². The van der Waals surface area contributed by atoms with Crippen molar-refractivity contribution >= 4 is 17.8 Å². The lowest BCUT2D eigenvalue weighted by Crippen LogP contribution is -2.35. The van der Waals surface area contributed by atoms with Crippen LogP contribution in [0.25, 0.3) is 11.1 Å². The number of carbonyl (C=O) groups excluding carboxylic acids is 2. The zero-order valence-electron chi connectivity index (χ0n) is 20.8. The molecular formula is C30H28N4O4. The molecular weight excluding hydrogens is 480 g/mol. The van der Waals surface area contributed by atoms with Crippen LogP contribution in [0.2, 0.25) is 0 Å². The Morgan fingerprint density at radius 2 is 1.42 bits per heavy atom. The van der Waals surface area contributed by atoms with Crippen molar-refractivity contribution in [2.45, 2.75) is 19.4 Å². The molecule has 192 valence electrons. The summed E-state index contributed by atoms with van der Waals surface area (Å²) in [6.07, 6.45) is 5.43. The van der Waals surface area contributed by atoms with Crippen LogP contribution in [-0.4, -0.2) is 50.8 Å². The fourth-order valence-corrected chi connectivity index (χ4v) is 4.12. The molecule has 0 bridgehead atoms. The highest BCUT2D eigenvalue weighted by atomic mass is 16.4. The molecule has 0 atom stereocenters. The molecule has 8 nitrogen and oxygen atoms in total. The number of aromatic nitrogens is 2. The maximum atomic E-state index is 13.8. The van der Waals surface area contributed by atoms with Gasteiger partial charge in [0.2, 0.25) is 0 Å². The van der Waals surface area contributed by atoms with Gasteiger partial charge in [-0.05, 0) is 59.5 Å². The molecule has 2 aromatic carbocycles. The number of carboxylic acid groups (broad SMARTS) is 1. The van der Waals surface area contributed by atoms with Crippen LogP contribution in [0.4, 0.5) is 0 Å². The van der Waals surface area contributed by atoms with Crippen molar-refractivity contribution in [2.24, 2.45) is 0 Å². The Labute approximate surface area is 221 Å². The number of carboxylic acids is 1. The predicted octanol–water partition coefficient (Wildman–Crippen LogP) is 4.23. The summed E-state index contributed by atoms with van der Waals surface area (Å²) in [6.45, 7) is 0.684. The molecule has 2 amide bonds. The Hall–Kier alpha value is -4.85. The average molecular weight is 509 g/mol. The molecule has 2 N–H and O–H groups in total. The van der Waals surface area contributed by atoms with Crippen LogP contribution in [0.3, 0.4) is 0 Å². The summed E-state index contributed by atoms with van der Waals surface area (Å²) in [5.41, 5.74) is 3.77. The second-order valence-electron chi connectivity index (χ2n) is 8.64. The van der Waals surface area contributed by atoms with Crippen molar-refractivity contribution in [1.29, 1.82) is 0 Å². The van der Waals surface area contributed by atoms with Crippen LogP contribution in [0.15, 0.2) is 97.5 Å². The molecule has 0 spiro atoms. The highest BCUT2D eigenvalue weighted by Gasteiger charge is 2.22. The third-order valence-corrected chi connectivity index (χ3v) is 6.08. The lowest BCUT2D eigenvalue weighted by Gasteiger charge is -2.24. The van der Waals surface area contributed by atoms with Gasteiger partial charge in [-0.25, -0.2) is 0 Å². The molecule has 4 rings (SSSR count). The van der Waals surface area contributed by atoms with Gasteiger partial charge < -0.3 is 15.3 Å². The maximum Gasteiger partial charge on any atom is 0.305 e. The van der Waals surface area contributed by atoms with E-state index in [4.69, 9.17) is 0 Å². The van der Waals surface area contributed by atoms with Gasteiger partial charge in [0, 0.05) is 42.8 Å². The van der Waals surface area contributed by atoms with Gasteiger partial charge in [0.1, 0.15) is 0 Å². The minimum atomic E-state index is -0.977. The van der Waals surface area contributed by atoms with E-state index in [9.17, 15) is 19.5 Å². The number of rotatable bonds is 11. The van der Waals surface area contributed by atoms with E-state index in [1.807, 2.05) is 42.5 Å². The van der Waals surface area contributed by atoms with E-state index in [0.717, 1.165) is 11.3 Å². The monoisotopic (exact) mass is 508 g/mol. The van der Waals surface area contributed by atoms with Crippen LogP contribution >= 0.6 is 0 Å². The van der Waals surface area contributed by atoms with E-state index in [0.29, 0.717) is 35.2 Å². The normalized spacial score (nSPS) is 10.5. The van der Waals surface area contributed by atoms with Gasteiger partial charge in [0.25, 0.3) is 11.8 Å². The first-order valence-electron chi connectivity index (χ1n) is 12.3. The van der Waals surface area contributed by atoms with Gasteiger partial charge in [-0.2, -0.15) is 0 Å². The van der Waals surface area contributed by atoms with E-state index in [2.05, 4.69) is 15.3 Å². The molecule has 38 heavy (non-hydrogen) atoms. The van der Waals surface area contributed by atoms with Crippen LogP contribution in [0.1, 0.15) is 38.4 Å². The number of carbonyl (C=O) groups is 3. The van der Waals surface area contributed by atoms with Crippen molar-refractivity contribution in [1.82, 2.24) is 20.2 Å². The number of benzene rings is 2. The first-order chi connectivity index (χ1) is 18.5. The molecule has 0 aliphatic carbocycles. The second kappa shape index (κ2) is 12.9. The fourth-order valence-electron chi connectivity index (χ4n) is 4.12. The first-order valence-corrected chi connectivity index (χ1v) is 12.3. The second-order valence-corrected chi connectivity index (χ2v) is 8.64. The third kappa shape index (κ3) is 6.88. The SMILES string of the molecule is O=C(O)CCN(CCc1ccncc1)C(=O)c1ccccc1-c1ccccc1C(=O)NCc1ccccn1. The standard InChI is InChI=1S/C30H28N4O4/c35-28(36)15-20-34(19-14-22-12-17-31-18-13-22)30(38)27-11-4-2-9-25(27)24-8-1-3-10-26(24)29(37)33-21-23-7-5-6-16-32-23/h1-13,16-18H,14-15,19-21H2,(H,33,37)(H,35,36). The molecule has 0 saturated heterocycles. The molecule has 0 fully saturated rings. The number of nitrogens with one attached hydrogen (secondary N) is 1. The molecule has 4 aromatic rings. The minimum Gasteiger partial charge on any atom is -0.481 e. The van der Waals surface area contributed by atoms with Crippen LogP contribution in [0.5, 0.6) is 0 Å². The Bertz CT molecular complexity index is 1390. The van der Waals surface area contributed by atoms with Crippen molar-refractivity contribution in [2.75, 3.05) is 13.1 Å². The smallest absolute Gasteiger partial charge is 0.305 e.